The summed E-state index contributed by atoms with van der Waals surface area (Å²) in [6.45, 7) is 0. The molecule has 1 atom stereocenters. The third kappa shape index (κ3) is 3.51. The van der Waals surface area contributed by atoms with Crippen LogP contribution in [-0.4, -0.2) is 20.0 Å². The summed E-state index contributed by atoms with van der Waals surface area (Å²) in [5.74, 6) is -0.481. The Morgan fingerprint density at radius 3 is 2.53 bits per heavy atom. The van der Waals surface area contributed by atoms with Gasteiger partial charge in [0.2, 0.25) is 0 Å². The van der Waals surface area contributed by atoms with Crippen LogP contribution in [0, 0.1) is 5.92 Å². The number of carbonyl (C=O) groups is 1. The van der Waals surface area contributed by atoms with Gasteiger partial charge in [-0.2, -0.15) is 0 Å². The Labute approximate surface area is 112 Å². The van der Waals surface area contributed by atoms with Crippen molar-refractivity contribution in [3.63, 3.8) is 0 Å². The van der Waals surface area contributed by atoms with Crippen LogP contribution in [0.3, 0.4) is 0 Å². The molecule has 0 aliphatic heterocycles. The van der Waals surface area contributed by atoms with Gasteiger partial charge in [0, 0.05) is 0 Å². The van der Waals surface area contributed by atoms with E-state index < -0.39 is 9.84 Å². The van der Waals surface area contributed by atoms with E-state index in [1.165, 1.54) is 12.2 Å². The fourth-order valence-electron chi connectivity index (χ4n) is 1.75. The fraction of sp³-hybridized carbons (Fsp3) is 0.133. The van der Waals surface area contributed by atoms with Crippen LogP contribution in [0.15, 0.2) is 71.7 Å². The van der Waals surface area contributed by atoms with Crippen molar-refractivity contribution in [2.24, 2.45) is 5.92 Å². The van der Waals surface area contributed by atoms with Gasteiger partial charge >= 0.3 is 0 Å². The molecule has 0 fully saturated rings. The summed E-state index contributed by atoms with van der Waals surface area (Å²) in [5, 5.41) is 0. The van der Waals surface area contributed by atoms with E-state index in [1.54, 1.807) is 54.6 Å². The maximum Gasteiger partial charge on any atom is 0.181 e. The summed E-state index contributed by atoms with van der Waals surface area (Å²) >= 11 is 0. The Morgan fingerprint density at radius 1 is 1.11 bits per heavy atom. The summed E-state index contributed by atoms with van der Waals surface area (Å²) in [5.41, 5.74) is 0. The minimum Gasteiger partial charge on any atom is -0.294 e. The van der Waals surface area contributed by atoms with E-state index in [9.17, 15) is 13.2 Å². The summed E-state index contributed by atoms with van der Waals surface area (Å²) in [6, 6.07) is 8.28. The molecule has 19 heavy (non-hydrogen) atoms. The van der Waals surface area contributed by atoms with Gasteiger partial charge in [0.25, 0.3) is 0 Å². The fourth-order valence-corrected chi connectivity index (χ4v) is 2.88. The summed E-state index contributed by atoms with van der Waals surface area (Å²) in [7, 11) is -3.32. The van der Waals surface area contributed by atoms with E-state index in [2.05, 4.69) is 0 Å². The molecule has 0 aromatic heterocycles. The molecule has 0 heterocycles. The van der Waals surface area contributed by atoms with Crippen LogP contribution in [0.1, 0.15) is 0 Å². The number of allylic oxidation sites excluding steroid dienone is 5. The Bertz CT molecular complexity index is 637. The number of ketones is 1. The molecule has 1 aromatic carbocycles. The van der Waals surface area contributed by atoms with Crippen molar-refractivity contribution < 1.29 is 13.2 Å². The highest BCUT2D eigenvalue weighted by molar-refractivity contribution is 7.91. The zero-order valence-electron chi connectivity index (χ0n) is 10.3. The highest BCUT2D eigenvalue weighted by Gasteiger charge is 2.13. The lowest BCUT2D eigenvalue weighted by molar-refractivity contribution is -0.115. The summed E-state index contributed by atoms with van der Waals surface area (Å²) in [6.07, 6.45) is 9.85. The molecule has 0 amide bonds. The summed E-state index contributed by atoms with van der Waals surface area (Å²) < 4.78 is 24.0. The number of benzene rings is 1. The van der Waals surface area contributed by atoms with Crippen molar-refractivity contribution in [2.45, 2.75) is 4.90 Å². The van der Waals surface area contributed by atoms with Crippen LogP contribution < -0.4 is 0 Å². The zero-order chi connectivity index (χ0) is 13.7. The van der Waals surface area contributed by atoms with Gasteiger partial charge in [-0.3, -0.25) is 4.79 Å². The van der Waals surface area contributed by atoms with Crippen LogP contribution in [0.4, 0.5) is 0 Å². The van der Waals surface area contributed by atoms with Crippen molar-refractivity contribution in [3.05, 3.63) is 66.8 Å². The quantitative estimate of drug-likeness (QED) is 0.792. The predicted octanol–water partition coefficient (Wildman–Crippen LogP) is 2.33. The maximum absolute atomic E-state index is 12.0. The first-order valence-electron chi connectivity index (χ1n) is 5.93. The maximum atomic E-state index is 12.0. The van der Waals surface area contributed by atoms with Crippen LogP contribution in [0.5, 0.6) is 0 Å². The molecule has 0 N–H and O–H groups in total. The zero-order valence-corrected chi connectivity index (χ0v) is 11.1. The minimum atomic E-state index is -3.32. The summed E-state index contributed by atoms with van der Waals surface area (Å²) in [4.78, 5) is 11.8. The van der Waals surface area contributed by atoms with Crippen LogP contribution in [-0.2, 0) is 14.6 Å². The van der Waals surface area contributed by atoms with E-state index in [1.807, 2.05) is 0 Å². The lowest BCUT2D eigenvalue weighted by atomic mass is 9.99. The second-order valence-corrected chi connectivity index (χ2v) is 6.23. The van der Waals surface area contributed by atoms with Crippen molar-refractivity contribution in [2.75, 3.05) is 5.75 Å². The van der Waals surface area contributed by atoms with Gasteiger partial charge < -0.3 is 0 Å². The van der Waals surface area contributed by atoms with Gasteiger partial charge in [-0.15, -0.1) is 0 Å². The molecule has 3 nitrogen and oxygen atoms in total. The third-order valence-corrected chi connectivity index (χ3v) is 4.40. The molecule has 1 aliphatic rings. The lowest BCUT2D eigenvalue weighted by Gasteiger charge is -2.06. The lowest BCUT2D eigenvalue weighted by Crippen LogP contribution is -2.10. The molecule has 0 bridgehead atoms. The Hall–Kier alpha value is -1.94. The predicted molar refractivity (Wildman–Crippen MR) is 74.4 cm³/mol. The van der Waals surface area contributed by atoms with Gasteiger partial charge in [-0.05, 0) is 18.2 Å². The second-order valence-electron chi connectivity index (χ2n) is 4.19. The first-order valence-corrected chi connectivity index (χ1v) is 7.58. The van der Waals surface area contributed by atoms with Crippen LogP contribution in [0.25, 0.3) is 0 Å². The molecule has 0 spiro atoms. The SMILES string of the molecule is O=C1C=CC=CC1C=CCS(=O)(=O)c1ccccc1. The van der Waals surface area contributed by atoms with Crippen molar-refractivity contribution >= 4 is 15.6 Å². The molecule has 0 radical (unpaired) electrons. The van der Waals surface area contributed by atoms with Crippen molar-refractivity contribution in [1.29, 1.82) is 0 Å². The first kappa shape index (κ1) is 13.5. The first-order chi connectivity index (χ1) is 9.09. The van der Waals surface area contributed by atoms with E-state index in [-0.39, 0.29) is 17.5 Å². The molecule has 1 aromatic rings. The second kappa shape index (κ2) is 5.80. The number of sulfone groups is 1. The molecular weight excluding hydrogens is 260 g/mol. The monoisotopic (exact) mass is 274 g/mol. The molecule has 1 aliphatic carbocycles. The number of carbonyl (C=O) groups excluding carboxylic acids is 1. The third-order valence-electron chi connectivity index (χ3n) is 2.78. The Kier molecular flexibility index (Phi) is 4.12. The van der Waals surface area contributed by atoms with Gasteiger partial charge in [0.15, 0.2) is 15.6 Å². The largest absolute Gasteiger partial charge is 0.294 e. The normalized spacial score (nSPS) is 19.2. The van der Waals surface area contributed by atoms with Gasteiger partial charge in [-0.1, -0.05) is 48.6 Å². The highest BCUT2D eigenvalue weighted by Crippen LogP contribution is 2.12. The van der Waals surface area contributed by atoms with E-state index in [0.717, 1.165) is 0 Å². The molecule has 0 saturated heterocycles. The van der Waals surface area contributed by atoms with Gasteiger partial charge in [-0.25, -0.2) is 8.42 Å². The van der Waals surface area contributed by atoms with Crippen molar-refractivity contribution in [3.8, 4) is 0 Å². The molecule has 2 rings (SSSR count). The van der Waals surface area contributed by atoms with Gasteiger partial charge in [0.1, 0.15) is 0 Å². The number of rotatable bonds is 4. The standard InChI is InChI=1S/C15H14O3S/c16-15-11-5-4-7-13(15)8-6-12-19(17,18)14-9-2-1-3-10-14/h1-11,13H,12H2. The molecule has 0 saturated carbocycles. The van der Waals surface area contributed by atoms with E-state index >= 15 is 0 Å². The molecule has 4 heteroatoms. The van der Waals surface area contributed by atoms with Gasteiger partial charge in [0.05, 0.1) is 16.6 Å². The average molecular weight is 274 g/mol. The number of hydrogen-bond donors (Lipinski definition) is 0. The van der Waals surface area contributed by atoms with E-state index in [0.29, 0.717) is 4.90 Å². The molecular formula is C15H14O3S. The topological polar surface area (TPSA) is 51.2 Å². The van der Waals surface area contributed by atoms with Crippen LogP contribution in [0.2, 0.25) is 0 Å². The Morgan fingerprint density at radius 2 is 1.84 bits per heavy atom. The number of hydrogen-bond acceptors (Lipinski definition) is 3. The minimum absolute atomic E-state index is 0.0316. The average Bonchev–Trinajstić information content (AvgIpc) is 2.42. The van der Waals surface area contributed by atoms with E-state index in [4.69, 9.17) is 0 Å². The van der Waals surface area contributed by atoms with Crippen LogP contribution >= 0.6 is 0 Å². The smallest absolute Gasteiger partial charge is 0.181 e. The molecule has 1 unspecified atom stereocenters. The van der Waals surface area contributed by atoms with Crippen molar-refractivity contribution in [1.82, 2.24) is 0 Å². The highest BCUT2D eigenvalue weighted by atomic mass is 32.2. The Balaban J connectivity index is 2.05. The molecule has 98 valence electrons.